The Hall–Kier alpha value is -2.72. The lowest BCUT2D eigenvalue weighted by Crippen LogP contribution is -2.26. The van der Waals surface area contributed by atoms with Gasteiger partial charge in [0, 0.05) is 32.4 Å². The average molecular weight is 289 g/mol. The van der Waals surface area contributed by atoms with Crippen molar-refractivity contribution in [3.63, 3.8) is 0 Å². The second-order valence-electron chi connectivity index (χ2n) is 4.12. The fourth-order valence-electron chi connectivity index (χ4n) is 1.56. The third-order valence-corrected chi connectivity index (χ3v) is 2.57. The minimum atomic E-state index is -0.534. The molecule has 0 unspecified atom stereocenters. The number of methoxy groups -OCH3 is 1. The molecule has 1 N–H and O–H groups in total. The first-order valence-electron chi connectivity index (χ1n) is 6.22. The van der Waals surface area contributed by atoms with Gasteiger partial charge in [-0.1, -0.05) is 12.1 Å². The number of nitro groups is 1. The Morgan fingerprint density at radius 1 is 1.57 bits per heavy atom. The lowest BCUT2D eigenvalue weighted by atomic mass is 10.1. The molecule has 0 aliphatic carbocycles. The highest BCUT2D eigenvalue weighted by atomic mass is 16.6. The van der Waals surface area contributed by atoms with Gasteiger partial charge in [0.1, 0.15) is 11.6 Å². The number of nitrogens with zero attached hydrogens (tertiary/aromatic N) is 2. The van der Waals surface area contributed by atoms with Crippen molar-refractivity contribution >= 4 is 17.7 Å². The van der Waals surface area contributed by atoms with Crippen LogP contribution in [0, 0.1) is 21.4 Å². The molecule has 7 heteroatoms. The lowest BCUT2D eigenvalue weighted by Gasteiger charge is -2.03. The van der Waals surface area contributed by atoms with E-state index in [9.17, 15) is 14.9 Å². The predicted molar refractivity (Wildman–Crippen MR) is 76.2 cm³/mol. The zero-order valence-corrected chi connectivity index (χ0v) is 11.5. The molecular formula is C14H15N3O4. The summed E-state index contributed by atoms with van der Waals surface area (Å²) in [6, 6.07) is 7.51. The number of non-ortho nitro benzene ring substituents is 1. The quantitative estimate of drug-likeness (QED) is 0.270. The average Bonchev–Trinajstić information content (AvgIpc) is 2.49. The van der Waals surface area contributed by atoms with Crippen LogP contribution in [0.2, 0.25) is 0 Å². The SMILES string of the molecule is COCCCNC(=O)/C(C#N)=C\c1cccc([N+](=O)[O-])c1. The first-order chi connectivity index (χ1) is 10.1. The molecule has 0 saturated carbocycles. The van der Waals surface area contributed by atoms with Crippen LogP contribution in [0.25, 0.3) is 6.08 Å². The standard InChI is InChI=1S/C14H15N3O4/c1-21-7-3-6-16-14(18)12(10-15)8-11-4-2-5-13(9-11)17(19)20/h2,4-5,8-9H,3,6-7H2,1H3,(H,16,18)/b12-8-. The first-order valence-corrected chi connectivity index (χ1v) is 6.22. The van der Waals surface area contributed by atoms with Crippen molar-refractivity contribution in [3.05, 3.63) is 45.5 Å². The maximum atomic E-state index is 11.8. The summed E-state index contributed by atoms with van der Waals surface area (Å²) < 4.78 is 4.85. The van der Waals surface area contributed by atoms with Gasteiger partial charge in [-0.05, 0) is 18.1 Å². The number of amides is 1. The van der Waals surface area contributed by atoms with Crippen LogP contribution in [-0.4, -0.2) is 31.1 Å². The summed E-state index contributed by atoms with van der Waals surface area (Å²) in [5, 5.41) is 22.3. The van der Waals surface area contributed by atoms with Crippen LogP contribution in [0.3, 0.4) is 0 Å². The molecule has 0 aromatic heterocycles. The molecule has 7 nitrogen and oxygen atoms in total. The molecule has 0 radical (unpaired) electrons. The molecule has 0 heterocycles. The molecule has 21 heavy (non-hydrogen) atoms. The van der Waals surface area contributed by atoms with Crippen molar-refractivity contribution in [2.75, 3.05) is 20.3 Å². The topological polar surface area (TPSA) is 105 Å². The van der Waals surface area contributed by atoms with Gasteiger partial charge in [0.25, 0.3) is 11.6 Å². The Kier molecular flexibility index (Phi) is 6.57. The Morgan fingerprint density at radius 2 is 2.33 bits per heavy atom. The van der Waals surface area contributed by atoms with Crippen LogP contribution in [0.1, 0.15) is 12.0 Å². The number of benzene rings is 1. The van der Waals surface area contributed by atoms with Crippen molar-refractivity contribution in [1.29, 1.82) is 5.26 Å². The zero-order valence-electron chi connectivity index (χ0n) is 11.5. The number of carbonyl (C=O) groups is 1. The molecule has 1 aromatic rings. The summed E-state index contributed by atoms with van der Waals surface area (Å²) >= 11 is 0. The van der Waals surface area contributed by atoms with Gasteiger partial charge in [0.15, 0.2) is 0 Å². The van der Waals surface area contributed by atoms with E-state index in [1.807, 2.05) is 0 Å². The molecule has 0 spiro atoms. The molecule has 1 rings (SSSR count). The molecule has 0 aliphatic heterocycles. The maximum Gasteiger partial charge on any atom is 0.270 e. The van der Waals surface area contributed by atoms with Crippen LogP contribution in [-0.2, 0) is 9.53 Å². The number of hydrogen-bond donors (Lipinski definition) is 1. The fourth-order valence-corrected chi connectivity index (χ4v) is 1.56. The number of ether oxygens (including phenoxy) is 1. The van der Waals surface area contributed by atoms with Gasteiger partial charge in [-0.15, -0.1) is 0 Å². The highest BCUT2D eigenvalue weighted by Crippen LogP contribution is 2.15. The summed E-state index contributed by atoms with van der Waals surface area (Å²) in [5.41, 5.74) is 0.224. The molecular weight excluding hydrogens is 274 g/mol. The first kappa shape index (κ1) is 16.3. The van der Waals surface area contributed by atoms with E-state index < -0.39 is 10.8 Å². The number of nitrogens with one attached hydrogen (secondary N) is 1. The van der Waals surface area contributed by atoms with Gasteiger partial charge < -0.3 is 10.1 Å². The van der Waals surface area contributed by atoms with Gasteiger partial charge in [0.05, 0.1) is 4.92 Å². The van der Waals surface area contributed by atoms with Crippen LogP contribution < -0.4 is 5.32 Å². The van der Waals surface area contributed by atoms with E-state index in [0.717, 1.165) is 0 Å². The number of rotatable bonds is 7. The molecule has 0 bridgehead atoms. The minimum absolute atomic E-state index is 0.0958. The van der Waals surface area contributed by atoms with Crippen LogP contribution in [0.5, 0.6) is 0 Å². The van der Waals surface area contributed by atoms with E-state index in [1.165, 1.54) is 24.3 Å². The Bertz CT molecular complexity index is 590. The molecule has 110 valence electrons. The third-order valence-electron chi connectivity index (χ3n) is 2.57. The lowest BCUT2D eigenvalue weighted by molar-refractivity contribution is -0.384. The largest absolute Gasteiger partial charge is 0.385 e. The Labute approximate surface area is 122 Å². The second-order valence-corrected chi connectivity index (χ2v) is 4.12. The van der Waals surface area contributed by atoms with E-state index in [4.69, 9.17) is 10.00 Å². The summed E-state index contributed by atoms with van der Waals surface area (Å²) in [5.74, 6) is -0.514. The van der Waals surface area contributed by atoms with Crippen molar-refractivity contribution < 1.29 is 14.5 Å². The van der Waals surface area contributed by atoms with Crippen LogP contribution in [0.15, 0.2) is 29.8 Å². The molecule has 1 aromatic carbocycles. The van der Waals surface area contributed by atoms with E-state index in [2.05, 4.69) is 5.32 Å². The van der Waals surface area contributed by atoms with Crippen molar-refractivity contribution in [2.24, 2.45) is 0 Å². The van der Waals surface area contributed by atoms with Gasteiger partial charge in [-0.2, -0.15) is 5.26 Å². The van der Waals surface area contributed by atoms with Gasteiger partial charge in [-0.25, -0.2) is 0 Å². The van der Waals surface area contributed by atoms with Crippen LogP contribution >= 0.6 is 0 Å². The summed E-state index contributed by atoms with van der Waals surface area (Å²) in [6.45, 7) is 0.900. The fraction of sp³-hybridized carbons (Fsp3) is 0.286. The van der Waals surface area contributed by atoms with Crippen molar-refractivity contribution in [1.82, 2.24) is 5.32 Å². The van der Waals surface area contributed by atoms with Gasteiger partial charge in [0.2, 0.25) is 0 Å². The van der Waals surface area contributed by atoms with Crippen molar-refractivity contribution in [2.45, 2.75) is 6.42 Å². The Balaban J connectivity index is 2.79. The van der Waals surface area contributed by atoms with E-state index in [0.29, 0.717) is 25.1 Å². The van der Waals surface area contributed by atoms with Crippen LogP contribution in [0.4, 0.5) is 5.69 Å². The molecule has 0 saturated heterocycles. The highest BCUT2D eigenvalue weighted by Gasteiger charge is 2.10. The number of hydrogen-bond acceptors (Lipinski definition) is 5. The molecule has 0 fully saturated rings. The summed E-state index contributed by atoms with van der Waals surface area (Å²) in [6.07, 6.45) is 1.95. The summed E-state index contributed by atoms with van der Waals surface area (Å²) in [7, 11) is 1.56. The minimum Gasteiger partial charge on any atom is -0.385 e. The maximum absolute atomic E-state index is 11.8. The van der Waals surface area contributed by atoms with E-state index >= 15 is 0 Å². The van der Waals surface area contributed by atoms with Crippen molar-refractivity contribution in [3.8, 4) is 6.07 Å². The number of carbonyl (C=O) groups excluding carboxylic acids is 1. The molecule has 1 amide bonds. The monoisotopic (exact) mass is 289 g/mol. The summed E-state index contributed by atoms with van der Waals surface area (Å²) in [4.78, 5) is 21.9. The van der Waals surface area contributed by atoms with E-state index in [-0.39, 0.29) is 11.3 Å². The third kappa shape index (κ3) is 5.42. The Morgan fingerprint density at radius 3 is 2.95 bits per heavy atom. The van der Waals surface area contributed by atoms with Gasteiger partial charge >= 0.3 is 0 Å². The zero-order chi connectivity index (χ0) is 15.7. The molecule has 0 atom stereocenters. The van der Waals surface area contributed by atoms with Gasteiger partial charge in [-0.3, -0.25) is 14.9 Å². The highest BCUT2D eigenvalue weighted by molar-refractivity contribution is 6.01. The molecule has 0 aliphatic rings. The number of nitro benzene ring substituents is 1. The second kappa shape index (κ2) is 8.45. The number of nitriles is 1. The normalized spacial score (nSPS) is 10.8. The predicted octanol–water partition coefficient (Wildman–Crippen LogP) is 1.65. The smallest absolute Gasteiger partial charge is 0.270 e. The van der Waals surface area contributed by atoms with E-state index in [1.54, 1.807) is 19.2 Å².